The molecule has 1 fully saturated rings. The Hall–Kier alpha value is -0.620. The van der Waals surface area contributed by atoms with Gasteiger partial charge in [0.25, 0.3) is 0 Å². The number of likely N-dealkylation sites (tertiary alicyclic amines) is 1. The molecule has 1 aliphatic heterocycles. The van der Waals surface area contributed by atoms with E-state index >= 15 is 0 Å². The molecule has 0 aromatic heterocycles. The first kappa shape index (κ1) is 15.8. The maximum Gasteiger partial charge on any atom is 0.225 e. The van der Waals surface area contributed by atoms with Gasteiger partial charge < -0.3 is 0 Å². The van der Waals surface area contributed by atoms with E-state index in [1.165, 1.54) is 37.9 Å². The lowest BCUT2D eigenvalue weighted by Crippen LogP contribution is -2.29. The number of hydrogen-bond donors (Lipinski definition) is 1. The van der Waals surface area contributed by atoms with Crippen LogP contribution in [0.25, 0.3) is 0 Å². The smallest absolute Gasteiger partial charge is 0.225 e. The number of sulfonamides is 1. The summed E-state index contributed by atoms with van der Waals surface area (Å²) in [6.45, 7) is 3.63. The molecular weight excluding hydrogens is 296 g/mol. The van der Waals surface area contributed by atoms with E-state index in [-0.39, 0.29) is 0 Å². The number of rotatable bonds is 6. The predicted octanol–water partition coefficient (Wildman–Crippen LogP) is 2.29. The minimum atomic E-state index is -3.34. The molecule has 0 aliphatic carbocycles. The van der Waals surface area contributed by atoms with Crippen molar-refractivity contribution in [1.29, 1.82) is 0 Å². The Kier molecular flexibility index (Phi) is 5.84. The average molecular weight is 317 g/mol. The summed E-state index contributed by atoms with van der Waals surface area (Å²) >= 11 is 5.34. The van der Waals surface area contributed by atoms with Gasteiger partial charge in [0.2, 0.25) is 10.0 Å². The Morgan fingerprint density at radius 1 is 1.05 bits per heavy atom. The van der Waals surface area contributed by atoms with Crippen molar-refractivity contribution in [3.63, 3.8) is 0 Å². The maximum atomic E-state index is 11.3. The van der Waals surface area contributed by atoms with Crippen molar-refractivity contribution in [3.8, 4) is 0 Å². The first-order chi connectivity index (χ1) is 9.59. The third-order valence-corrected chi connectivity index (χ3v) is 5.25. The molecule has 0 radical (unpaired) electrons. The number of nitrogens with one attached hydrogen (secondary N) is 1. The van der Waals surface area contributed by atoms with Gasteiger partial charge in [0.05, 0.1) is 0 Å². The van der Waals surface area contributed by atoms with Gasteiger partial charge in [0.15, 0.2) is 0 Å². The van der Waals surface area contributed by atoms with E-state index in [4.69, 9.17) is 11.6 Å². The van der Waals surface area contributed by atoms with Crippen molar-refractivity contribution >= 4 is 21.6 Å². The van der Waals surface area contributed by atoms with Crippen LogP contribution >= 0.6 is 11.6 Å². The van der Waals surface area contributed by atoms with Crippen LogP contribution in [0.2, 0.25) is 0 Å². The Balaban J connectivity index is 1.86. The minimum Gasteiger partial charge on any atom is -0.299 e. The second kappa shape index (κ2) is 7.41. The minimum absolute atomic E-state index is 0.291. The van der Waals surface area contributed by atoms with Gasteiger partial charge in [0.1, 0.15) is 5.21 Å². The molecule has 2 rings (SSSR count). The van der Waals surface area contributed by atoms with Gasteiger partial charge in [-0.25, -0.2) is 13.1 Å². The SMILES string of the molecule is O=S(=O)(CCl)NCc1ccc(CN2CCCCC2)cc1. The highest BCUT2D eigenvalue weighted by Gasteiger charge is 2.10. The highest BCUT2D eigenvalue weighted by molar-refractivity contribution is 7.90. The van der Waals surface area contributed by atoms with Crippen LogP contribution in [0.4, 0.5) is 0 Å². The molecule has 1 N–H and O–H groups in total. The highest BCUT2D eigenvalue weighted by Crippen LogP contribution is 2.13. The molecular formula is C14H21ClN2O2S. The van der Waals surface area contributed by atoms with Crippen molar-refractivity contribution in [2.45, 2.75) is 32.4 Å². The average Bonchev–Trinajstić information content (AvgIpc) is 2.48. The summed E-state index contributed by atoms with van der Waals surface area (Å²) in [6.07, 6.45) is 3.92. The van der Waals surface area contributed by atoms with Crippen molar-refractivity contribution in [2.24, 2.45) is 0 Å². The molecule has 1 aromatic carbocycles. The number of nitrogens with zero attached hydrogens (tertiary/aromatic N) is 1. The topological polar surface area (TPSA) is 49.4 Å². The third-order valence-electron chi connectivity index (χ3n) is 3.52. The van der Waals surface area contributed by atoms with Gasteiger partial charge in [0, 0.05) is 13.1 Å². The number of halogens is 1. The van der Waals surface area contributed by atoms with Crippen molar-refractivity contribution < 1.29 is 8.42 Å². The third kappa shape index (κ3) is 5.05. The first-order valence-electron chi connectivity index (χ1n) is 6.92. The number of benzene rings is 1. The molecule has 0 bridgehead atoms. The van der Waals surface area contributed by atoms with E-state index < -0.39 is 15.2 Å². The highest BCUT2D eigenvalue weighted by atomic mass is 35.5. The molecule has 1 aromatic rings. The fourth-order valence-corrected chi connectivity index (χ4v) is 3.07. The Morgan fingerprint density at radius 2 is 1.65 bits per heavy atom. The Labute approximate surface area is 126 Å². The van der Waals surface area contributed by atoms with Crippen LogP contribution in [0.3, 0.4) is 0 Å². The molecule has 4 nitrogen and oxygen atoms in total. The van der Waals surface area contributed by atoms with Crippen molar-refractivity contribution in [2.75, 3.05) is 18.3 Å². The van der Waals surface area contributed by atoms with E-state index in [0.717, 1.165) is 12.1 Å². The van der Waals surface area contributed by atoms with Gasteiger partial charge >= 0.3 is 0 Å². The van der Waals surface area contributed by atoms with Crippen LogP contribution < -0.4 is 4.72 Å². The largest absolute Gasteiger partial charge is 0.299 e. The summed E-state index contributed by atoms with van der Waals surface area (Å²) in [6, 6.07) is 8.07. The summed E-state index contributed by atoms with van der Waals surface area (Å²) in [5.74, 6) is 0. The summed E-state index contributed by atoms with van der Waals surface area (Å²) < 4.78 is 25.0. The summed E-state index contributed by atoms with van der Waals surface area (Å²) in [7, 11) is -3.34. The molecule has 20 heavy (non-hydrogen) atoms. The molecule has 1 heterocycles. The molecule has 1 aliphatic rings. The predicted molar refractivity (Wildman–Crippen MR) is 82.0 cm³/mol. The van der Waals surface area contributed by atoms with Crippen LogP contribution in [-0.4, -0.2) is 31.6 Å². The molecule has 0 amide bonds. The fourth-order valence-electron chi connectivity index (χ4n) is 2.37. The monoisotopic (exact) mass is 316 g/mol. The van der Waals surface area contributed by atoms with Crippen LogP contribution in [0, 0.1) is 0 Å². The fraction of sp³-hybridized carbons (Fsp3) is 0.571. The number of alkyl halides is 1. The van der Waals surface area contributed by atoms with E-state index in [1.807, 2.05) is 12.1 Å². The summed E-state index contributed by atoms with van der Waals surface area (Å²) in [4.78, 5) is 2.47. The molecule has 0 unspecified atom stereocenters. The van der Waals surface area contributed by atoms with E-state index in [2.05, 4.69) is 21.8 Å². The van der Waals surface area contributed by atoms with Gasteiger partial charge in [-0.05, 0) is 37.1 Å². The molecule has 0 atom stereocenters. The number of piperidine rings is 1. The Morgan fingerprint density at radius 3 is 2.25 bits per heavy atom. The second-order valence-electron chi connectivity index (χ2n) is 5.20. The summed E-state index contributed by atoms with van der Waals surface area (Å²) in [5, 5.41) is -0.403. The van der Waals surface area contributed by atoms with Crippen LogP contribution in [0.1, 0.15) is 30.4 Å². The standard InChI is InChI=1S/C14H21ClN2O2S/c15-12-20(18,19)16-10-13-4-6-14(7-5-13)11-17-8-2-1-3-9-17/h4-7,16H,1-3,8-12H2. The first-order valence-corrected chi connectivity index (χ1v) is 9.11. The lowest BCUT2D eigenvalue weighted by molar-refractivity contribution is 0.221. The van der Waals surface area contributed by atoms with E-state index in [1.54, 1.807) is 0 Å². The quantitative estimate of drug-likeness (QED) is 0.819. The van der Waals surface area contributed by atoms with Crippen molar-refractivity contribution in [3.05, 3.63) is 35.4 Å². The molecule has 1 saturated heterocycles. The van der Waals surface area contributed by atoms with E-state index in [0.29, 0.717) is 6.54 Å². The van der Waals surface area contributed by atoms with Crippen LogP contribution in [-0.2, 0) is 23.1 Å². The van der Waals surface area contributed by atoms with Gasteiger partial charge in [-0.15, -0.1) is 11.6 Å². The maximum absolute atomic E-state index is 11.3. The second-order valence-corrected chi connectivity index (χ2v) is 7.59. The number of hydrogen-bond acceptors (Lipinski definition) is 3. The van der Waals surface area contributed by atoms with E-state index in [9.17, 15) is 8.42 Å². The molecule has 0 saturated carbocycles. The zero-order valence-electron chi connectivity index (χ0n) is 11.5. The van der Waals surface area contributed by atoms with Gasteiger partial charge in [-0.3, -0.25) is 4.90 Å². The van der Waals surface area contributed by atoms with Gasteiger partial charge in [-0.1, -0.05) is 30.7 Å². The molecule has 0 spiro atoms. The molecule has 6 heteroatoms. The summed E-state index contributed by atoms with van der Waals surface area (Å²) in [5.41, 5.74) is 2.22. The van der Waals surface area contributed by atoms with Crippen LogP contribution in [0.15, 0.2) is 24.3 Å². The molecule has 112 valence electrons. The normalized spacial score (nSPS) is 17.2. The zero-order valence-corrected chi connectivity index (χ0v) is 13.1. The van der Waals surface area contributed by atoms with Crippen molar-refractivity contribution in [1.82, 2.24) is 9.62 Å². The lowest BCUT2D eigenvalue weighted by atomic mass is 10.1. The lowest BCUT2D eigenvalue weighted by Gasteiger charge is -2.26. The van der Waals surface area contributed by atoms with Crippen LogP contribution in [0.5, 0.6) is 0 Å². The van der Waals surface area contributed by atoms with Gasteiger partial charge in [-0.2, -0.15) is 0 Å². The zero-order chi connectivity index (χ0) is 14.4. The Bertz CT molecular complexity index is 510.